The third-order valence-electron chi connectivity index (χ3n) is 1.82. The average Bonchev–Trinajstić information content (AvgIpc) is 2.13. The Morgan fingerprint density at radius 1 is 1.38 bits per heavy atom. The van der Waals surface area contributed by atoms with Gasteiger partial charge in [0.1, 0.15) is 0 Å². The first-order chi connectivity index (χ1) is 3.52. The molecule has 0 nitrogen and oxygen atoms in total. The van der Waals surface area contributed by atoms with Gasteiger partial charge in [0.15, 0.2) is 0 Å². The van der Waals surface area contributed by atoms with Crippen LogP contribution in [0.3, 0.4) is 0 Å². The molecule has 0 radical (unpaired) electrons. The zero-order valence-corrected chi connectivity index (χ0v) is 7.33. The first kappa shape index (κ1) is 6.60. The summed E-state index contributed by atoms with van der Waals surface area (Å²) < 4.78 is 0. The zero-order valence-electron chi connectivity index (χ0n) is 5.74. The highest BCUT2D eigenvalue weighted by Crippen LogP contribution is 2.49. The Balaban J connectivity index is 2.39. The summed E-state index contributed by atoms with van der Waals surface area (Å²) in [7, 11) is 0. The zero-order chi connectivity index (χ0) is 6.36. The summed E-state index contributed by atoms with van der Waals surface area (Å²) in [4.78, 5) is 0.822. The largest absolute Gasteiger partial charge is 0.0887 e. The molecule has 0 N–H and O–H groups in total. The molecular formula is C7H13Br. The second-order valence-electron chi connectivity index (χ2n) is 3.72. The first-order valence-corrected chi connectivity index (χ1v) is 4.07. The molecule has 1 heteroatoms. The number of halogens is 1. The van der Waals surface area contributed by atoms with Gasteiger partial charge in [-0.15, -0.1) is 0 Å². The van der Waals surface area contributed by atoms with Crippen LogP contribution in [-0.2, 0) is 0 Å². The SMILES string of the molecule is CC(C)(C)C1CC1Br. The van der Waals surface area contributed by atoms with Crippen molar-refractivity contribution in [2.45, 2.75) is 32.0 Å². The lowest BCUT2D eigenvalue weighted by Gasteiger charge is -2.16. The van der Waals surface area contributed by atoms with Crippen LogP contribution >= 0.6 is 15.9 Å². The van der Waals surface area contributed by atoms with E-state index in [1.54, 1.807) is 0 Å². The van der Waals surface area contributed by atoms with E-state index in [1.807, 2.05) is 0 Å². The maximum absolute atomic E-state index is 3.58. The van der Waals surface area contributed by atoms with Gasteiger partial charge in [0, 0.05) is 4.83 Å². The van der Waals surface area contributed by atoms with Crippen LogP contribution in [0, 0.1) is 11.3 Å². The molecule has 0 amide bonds. The van der Waals surface area contributed by atoms with E-state index >= 15 is 0 Å². The monoisotopic (exact) mass is 176 g/mol. The molecule has 2 unspecified atom stereocenters. The van der Waals surface area contributed by atoms with E-state index in [0.29, 0.717) is 5.41 Å². The summed E-state index contributed by atoms with van der Waals surface area (Å²) in [5.41, 5.74) is 0.536. The third kappa shape index (κ3) is 1.25. The minimum Gasteiger partial charge on any atom is -0.0887 e. The minimum atomic E-state index is 0.536. The number of alkyl halides is 1. The Labute approximate surface area is 59.8 Å². The van der Waals surface area contributed by atoms with Crippen molar-refractivity contribution in [2.75, 3.05) is 0 Å². The van der Waals surface area contributed by atoms with Crippen molar-refractivity contribution < 1.29 is 0 Å². The van der Waals surface area contributed by atoms with Crippen LogP contribution < -0.4 is 0 Å². The molecule has 0 aliphatic heterocycles. The van der Waals surface area contributed by atoms with Crippen LogP contribution in [0.25, 0.3) is 0 Å². The molecule has 0 spiro atoms. The minimum absolute atomic E-state index is 0.536. The van der Waals surface area contributed by atoms with Gasteiger partial charge in [-0.3, -0.25) is 0 Å². The van der Waals surface area contributed by atoms with Crippen LogP contribution in [0.2, 0.25) is 0 Å². The molecule has 1 aliphatic rings. The Bertz CT molecular complexity index is 91.1. The fourth-order valence-corrected chi connectivity index (χ4v) is 2.26. The summed E-state index contributed by atoms with van der Waals surface area (Å²) >= 11 is 3.58. The molecule has 48 valence electrons. The van der Waals surface area contributed by atoms with Gasteiger partial charge in [0.05, 0.1) is 0 Å². The topological polar surface area (TPSA) is 0 Å². The van der Waals surface area contributed by atoms with Gasteiger partial charge in [-0.25, -0.2) is 0 Å². The van der Waals surface area contributed by atoms with Gasteiger partial charge < -0.3 is 0 Å². The van der Waals surface area contributed by atoms with Crippen molar-refractivity contribution in [3.05, 3.63) is 0 Å². The van der Waals surface area contributed by atoms with Gasteiger partial charge in [-0.05, 0) is 17.8 Å². The van der Waals surface area contributed by atoms with Gasteiger partial charge in [0.2, 0.25) is 0 Å². The van der Waals surface area contributed by atoms with Gasteiger partial charge in [0.25, 0.3) is 0 Å². The summed E-state index contributed by atoms with van der Waals surface area (Å²) in [6, 6.07) is 0. The second kappa shape index (κ2) is 1.73. The molecule has 1 saturated carbocycles. The highest BCUT2D eigenvalue weighted by molar-refractivity contribution is 9.09. The molecule has 0 bridgehead atoms. The Kier molecular flexibility index (Phi) is 1.43. The van der Waals surface area contributed by atoms with E-state index < -0.39 is 0 Å². The molecule has 0 aromatic heterocycles. The molecule has 1 rings (SSSR count). The maximum Gasteiger partial charge on any atom is 0.0182 e. The normalized spacial score (nSPS) is 37.5. The highest BCUT2D eigenvalue weighted by atomic mass is 79.9. The van der Waals surface area contributed by atoms with Crippen LogP contribution in [0.15, 0.2) is 0 Å². The predicted molar refractivity (Wildman–Crippen MR) is 40.3 cm³/mol. The van der Waals surface area contributed by atoms with Crippen molar-refractivity contribution in [3.8, 4) is 0 Å². The Morgan fingerprint density at radius 3 is 1.75 bits per heavy atom. The standard InChI is InChI=1S/C7H13Br/c1-7(2,3)5-4-6(5)8/h5-6H,4H2,1-3H3. The molecule has 1 fully saturated rings. The van der Waals surface area contributed by atoms with Gasteiger partial charge >= 0.3 is 0 Å². The van der Waals surface area contributed by atoms with Crippen molar-refractivity contribution in [2.24, 2.45) is 11.3 Å². The van der Waals surface area contributed by atoms with Crippen LogP contribution in [0.4, 0.5) is 0 Å². The fourth-order valence-electron chi connectivity index (χ4n) is 1.06. The van der Waals surface area contributed by atoms with Crippen LogP contribution in [0.1, 0.15) is 27.2 Å². The van der Waals surface area contributed by atoms with E-state index in [4.69, 9.17) is 0 Å². The van der Waals surface area contributed by atoms with Crippen molar-refractivity contribution in [1.82, 2.24) is 0 Å². The molecule has 0 aromatic carbocycles. The van der Waals surface area contributed by atoms with E-state index in [1.165, 1.54) is 6.42 Å². The molecular weight excluding hydrogens is 164 g/mol. The van der Waals surface area contributed by atoms with Crippen molar-refractivity contribution in [1.29, 1.82) is 0 Å². The summed E-state index contributed by atoms with van der Waals surface area (Å²) in [6.07, 6.45) is 1.38. The van der Waals surface area contributed by atoms with Gasteiger partial charge in [-0.2, -0.15) is 0 Å². The lowest BCUT2D eigenvalue weighted by Crippen LogP contribution is -2.08. The quantitative estimate of drug-likeness (QED) is 0.499. The van der Waals surface area contributed by atoms with Gasteiger partial charge in [-0.1, -0.05) is 36.7 Å². The van der Waals surface area contributed by atoms with Crippen molar-refractivity contribution in [3.63, 3.8) is 0 Å². The summed E-state index contributed by atoms with van der Waals surface area (Å²) in [5.74, 6) is 0.933. The van der Waals surface area contributed by atoms with E-state index in [-0.39, 0.29) is 0 Å². The van der Waals surface area contributed by atoms with Crippen molar-refractivity contribution >= 4 is 15.9 Å². The van der Waals surface area contributed by atoms with Crippen LogP contribution in [0.5, 0.6) is 0 Å². The van der Waals surface area contributed by atoms with E-state index in [0.717, 1.165) is 10.7 Å². The second-order valence-corrected chi connectivity index (χ2v) is 4.90. The van der Waals surface area contributed by atoms with Crippen LogP contribution in [-0.4, -0.2) is 4.83 Å². The number of hydrogen-bond acceptors (Lipinski definition) is 0. The molecule has 0 saturated heterocycles. The smallest absolute Gasteiger partial charge is 0.0182 e. The molecule has 0 aromatic rings. The lowest BCUT2D eigenvalue weighted by atomic mass is 9.90. The first-order valence-electron chi connectivity index (χ1n) is 3.16. The molecule has 8 heavy (non-hydrogen) atoms. The number of hydrogen-bond donors (Lipinski definition) is 0. The maximum atomic E-state index is 3.58. The Morgan fingerprint density at radius 2 is 1.75 bits per heavy atom. The summed E-state index contributed by atoms with van der Waals surface area (Å²) in [5, 5.41) is 0. The average molecular weight is 177 g/mol. The summed E-state index contributed by atoms with van der Waals surface area (Å²) in [6.45, 7) is 6.91. The molecule has 2 atom stereocenters. The molecule has 1 aliphatic carbocycles. The van der Waals surface area contributed by atoms with E-state index in [2.05, 4.69) is 36.7 Å². The Hall–Kier alpha value is 0.480. The highest BCUT2D eigenvalue weighted by Gasteiger charge is 2.43. The fraction of sp³-hybridized carbons (Fsp3) is 1.00. The molecule has 0 heterocycles. The van der Waals surface area contributed by atoms with E-state index in [9.17, 15) is 0 Å². The predicted octanol–water partition coefficient (Wildman–Crippen LogP) is 2.82. The lowest BCUT2D eigenvalue weighted by molar-refractivity contribution is 0.353. The third-order valence-corrected chi connectivity index (χ3v) is 2.84. The number of rotatable bonds is 0.